The maximum atomic E-state index is 11.9. The summed E-state index contributed by atoms with van der Waals surface area (Å²) in [5.41, 5.74) is 1.13. The average molecular weight is 270 g/mol. The van der Waals surface area contributed by atoms with Crippen LogP contribution in [0.4, 0.5) is 0 Å². The molecule has 0 amide bonds. The zero-order valence-corrected chi connectivity index (χ0v) is 12.0. The van der Waals surface area contributed by atoms with Gasteiger partial charge in [-0.1, -0.05) is 26.0 Å². The van der Waals surface area contributed by atoms with E-state index in [-0.39, 0.29) is 0 Å². The topological polar surface area (TPSA) is 58.2 Å². The van der Waals surface area contributed by atoms with Crippen molar-refractivity contribution in [2.75, 3.05) is 20.1 Å². The maximum Gasteiger partial charge on any atom is 0.240 e. The van der Waals surface area contributed by atoms with E-state index < -0.39 is 10.0 Å². The zero-order valence-electron chi connectivity index (χ0n) is 11.2. The lowest BCUT2D eigenvalue weighted by Gasteiger charge is -2.09. The highest BCUT2D eigenvalue weighted by Gasteiger charge is 2.13. The molecule has 1 aromatic carbocycles. The van der Waals surface area contributed by atoms with Gasteiger partial charge < -0.3 is 5.32 Å². The Morgan fingerprint density at radius 3 is 2.28 bits per heavy atom. The lowest BCUT2D eigenvalue weighted by molar-refractivity contribution is 0.560. The predicted octanol–water partition coefficient (Wildman–Crippen LogP) is 1.38. The van der Waals surface area contributed by atoms with Gasteiger partial charge in [-0.3, -0.25) is 0 Å². The fraction of sp³-hybridized carbons (Fsp3) is 0.538. The van der Waals surface area contributed by atoms with Crippen LogP contribution in [-0.2, 0) is 16.4 Å². The highest BCUT2D eigenvalue weighted by molar-refractivity contribution is 7.89. The third-order valence-corrected chi connectivity index (χ3v) is 4.02. The van der Waals surface area contributed by atoms with E-state index in [0.717, 1.165) is 18.5 Å². The Morgan fingerprint density at radius 1 is 1.17 bits per heavy atom. The van der Waals surface area contributed by atoms with Gasteiger partial charge in [-0.05, 0) is 43.6 Å². The van der Waals surface area contributed by atoms with Crippen LogP contribution in [0.2, 0.25) is 0 Å². The van der Waals surface area contributed by atoms with Gasteiger partial charge in [0.2, 0.25) is 10.0 Å². The Bertz CT molecular complexity index is 452. The van der Waals surface area contributed by atoms with E-state index in [2.05, 4.69) is 10.0 Å². The summed E-state index contributed by atoms with van der Waals surface area (Å²) >= 11 is 0. The molecule has 0 heterocycles. The lowest BCUT2D eigenvalue weighted by atomic mass is 10.1. The fourth-order valence-corrected chi connectivity index (χ4v) is 2.68. The number of benzene rings is 1. The molecule has 0 bridgehead atoms. The Kier molecular flexibility index (Phi) is 5.78. The summed E-state index contributed by atoms with van der Waals surface area (Å²) in [7, 11) is -1.46. The highest BCUT2D eigenvalue weighted by Crippen LogP contribution is 2.11. The molecule has 2 N–H and O–H groups in total. The molecule has 0 fully saturated rings. The van der Waals surface area contributed by atoms with Crippen molar-refractivity contribution in [2.45, 2.75) is 25.2 Å². The molecule has 0 aliphatic heterocycles. The summed E-state index contributed by atoms with van der Waals surface area (Å²) in [6, 6.07) is 7.05. The molecular weight excluding hydrogens is 248 g/mol. The second-order valence-corrected chi connectivity index (χ2v) is 6.51. The first kappa shape index (κ1) is 15.1. The Balaban J connectivity index is 2.71. The first-order chi connectivity index (χ1) is 8.45. The molecule has 0 atom stereocenters. The molecule has 18 heavy (non-hydrogen) atoms. The van der Waals surface area contributed by atoms with Gasteiger partial charge in [-0.2, -0.15) is 0 Å². The second kappa shape index (κ2) is 6.87. The molecule has 1 rings (SSSR count). The van der Waals surface area contributed by atoms with Crippen LogP contribution in [0.15, 0.2) is 29.2 Å². The van der Waals surface area contributed by atoms with Crippen molar-refractivity contribution in [3.63, 3.8) is 0 Å². The maximum absolute atomic E-state index is 11.9. The van der Waals surface area contributed by atoms with E-state index >= 15 is 0 Å². The van der Waals surface area contributed by atoms with Crippen LogP contribution >= 0.6 is 0 Å². The van der Waals surface area contributed by atoms with Gasteiger partial charge >= 0.3 is 0 Å². The molecular formula is C13H22N2O2S. The van der Waals surface area contributed by atoms with Gasteiger partial charge in [0.15, 0.2) is 0 Å². The first-order valence-corrected chi connectivity index (χ1v) is 7.67. The molecule has 0 aliphatic rings. The number of rotatable bonds is 7. The van der Waals surface area contributed by atoms with Gasteiger partial charge in [-0.15, -0.1) is 0 Å². The molecule has 0 saturated carbocycles. The second-order valence-electron chi connectivity index (χ2n) is 4.74. The van der Waals surface area contributed by atoms with Crippen molar-refractivity contribution in [3.8, 4) is 0 Å². The molecule has 0 spiro atoms. The number of hydrogen-bond acceptors (Lipinski definition) is 3. The third kappa shape index (κ3) is 4.76. The van der Waals surface area contributed by atoms with Crippen molar-refractivity contribution in [1.82, 2.24) is 10.0 Å². The van der Waals surface area contributed by atoms with Gasteiger partial charge in [0.1, 0.15) is 0 Å². The van der Waals surface area contributed by atoms with Crippen molar-refractivity contribution in [1.29, 1.82) is 0 Å². The molecule has 0 aliphatic carbocycles. The van der Waals surface area contributed by atoms with Crippen LogP contribution in [0.5, 0.6) is 0 Å². The molecule has 1 aromatic rings. The Labute approximate surface area is 110 Å². The van der Waals surface area contributed by atoms with E-state index in [0.29, 0.717) is 17.4 Å². The molecule has 5 heteroatoms. The molecule has 102 valence electrons. The molecule has 4 nitrogen and oxygen atoms in total. The Morgan fingerprint density at radius 2 is 1.78 bits per heavy atom. The summed E-state index contributed by atoms with van der Waals surface area (Å²) in [4.78, 5) is 0.330. The number of sulfonamides is 1. The number of nitrogens with one attached hydrogen (secondary N) is 2. The first-order valence-electron chi connectivity index (χ1n) is 6.19. The van der Waals surface area contributed by atoms with Crippen LogP contribution < -0.4 is 10.0 Å². The van der Waals surface area contributed by atoms with Crippen molar-refractivity contribution < 1.29 is 8.42 Å². The SMILES string of the molecule is CNCCc1ccc(S(=O)(=O)NCC(C)C)cc1. The Hall–Kier alpha value is -0.910. The average Bonchev–Trinajstić information content (AvgIpc) is 2.34. The monoisotopic (exact) mass is 270 g/mol. The van der Waals surface area contributed by atoms with E-state index in [4.69, 9.17) is 0 Å². The quantitative estimate of drug-likeness (QED) is 0.787. The minimum absolute atomic E-state index is 0.301. The van der Waals surface area contributed by atoms with Crippen molar-refractivity contribution >= 4 is 10.0 Å². The molecule has 0 unspecified atom stereocenters. The highest BCUT2D eigenvalue weighted by atomic mass is 32.2. The summed E-state index contributed by atoms with van der Waals surface area (Å²) < 4.78 is 26.5. The standard InChI is InChI=1S/C13H22N2O2S/c1-11(2)10-15-18(16,17)13-6-4-12(5-7-13)8-9-14-3/h4-7,11,14-15H,8-10H2,1-3H3. The minimum Gasteiger partial charge on any atom is -0.319 e. The van der Waals surface area contributed by atoms with Crippen LogP contribution in [0.3, 0.4) is 0 Å². The number of likely N-dealkylation sites (N-methyl/N-ethyl adjacent to an activating group) is 1. The lowest BCUT2D eigenvalue weighted by Crippen LogP contribution is -2.27. The summed E-state index contributed by atoms with van der Waals surface area (Å²) in [5.74, 6) is 0.301. The van der Waals surface area contributed by atoms with E-state index in [1.54, 1.807) is 12.1 Å². The van der Waals surface area contributed by atoms with E-state index in [1.165, 1.54) is 0 Å². The van der Waals surface area contributed by atoms with Gasteiger partial charge in [0.05, 0.1) is 4.90 Å². The fourth-order valence-electron chi connectivity index (χ4n) is 1.46. The van der Waals surface area contributed by atoms with Crippen LogP contribution in [0.1, 0.15) is 19.4 Å². The largest absolute Gasteiger partial charge is 0.319 e. The molecule has 0 aromatic heterocycles. The van der Waals surface area contributed by atoms with Crippen molar-refractivity contribution in [3.05, 3.63) is 29.8 Å². The van der Waals surface area contributed by atoms with Gasteiger partial charge in [0.25, 0.3) is 0 Å². The number of hydrogen-bond donors (Lipinski definition) is 2. The van der Waals surface area contributed by atoms with Gasteiger partial charge in [-0.25, -0.2) is 13.1 Å². The van der Waals surface area contributed by atoms with Crippen LogP contribution in [-0.4, -0.2) is 28.6 Å². The van der Waals surface area contributed by atoms with Gasteiger partial charge in [0, 0.05) is 6.54 Å². The zero-order chi connectivity index (χ0) is 13.6. The summed E-state index contributed by atoms with van der Waals surface area (Å²) in [6.45, 7) is 5.30. The minimum atomic E-state index is -3.36. The van der Waals surface area contributed by atoms with Crippen molar-refractivity contribution in [2.24, 2.45) is 5.92 Å². The van der Waals surface area contributed by atoms with E-state index in [9.17, 15) is 8.42 Å². The molecule has 0 radical (unpaired) electrons. The van der Waals surface area contributed by atoms with Crippen LogP contribution in [0.25, 0.3) is 0 Å². The summed E-state index contributed by atoms with van der Waals surface area (Å²) in [6.07, 6.45) is 0.899. The summed E-state index contributed by atoms with van der Waals surface area (Å²) in [5, 5.41) is 3.06. The normalized spacial score (nSPS) is 12.0. The smallest absolute Gasteiger partial charge is 0.240 e. The predicted molar refractivity (Wildman–Crippen MR) is 74.1 cm³/mol. The molecule has 0 saturated heterocycles. The van der Waals surface area contributed by atoms with Crippen LogP contribution in [0, 0.1) is 5.92 Å². The third-order valence-electron chi connectivity index (χ3n) is 2.58. The van der Waals surface area contributed by atoms with E-state index in [1.807, 2.05) is 33.0 Å².